The Bertz CT molecular complexity index is 3200. The van der Waals surface area contributed by atoms with E-state index < -0.39 is 0 Å². The highest BCUT2D eigenvalue weighted by Crippen LogP contribution is 2.54. The standard InChI is InChI=1S/C56H49BN2S/c1-6-7-17-35-26-27-47(42(30-35)37-20-12-9-13-21-37)58-49-32-38(36-18-10-8-11-19-36)31-43-41-24-16-23-40-39-22-14-15-25-48(39)59(52(40)41)57(51(43)49)54-53(58)44-33-45-46(34-50(44)60-54)56(4,5)29-28-55(45,2)3/h8-16,18-27,30-34H,6-7,17,28-29H2,1-5H3. The largest absolute Gasteiger partial charge is 0.375 e. The van der Waals surface area contributed by atoms with Crippen LogP contribution in [-0.4, -0.2) is 11.3 Å². The molecule has 12 rings (SSSR count). The maximum absolute atomic E-state index is 2.72. The summed E-state index contributed by atoms with van der Waals surface area (Å²) in [6, 6.07) is 55.9. The summed E-state index contributed by atoms with van der Waals surface area (Å²) in [6.45, 7) is 12.2. The molecule has 60 heavy (non-hydrogen) atoms. The monoisotopic (exact) mass is 792 g/mol. The molecule has 0 N–H and O–H groups in total. The summed E-state index contributed by atoms with van der Waals surface area (Å²) in [5, 5.41) is 4.03. The lowest BCUT2D eigenvalue weighted by molar-refractivity contribution is 0.332. The van der Waals surface area contributed by atoms with E-state index in [1.54, 1.807) is 0 Å². The number of para-hydroxylation sites is 2. The molecule has 0 fully saturated rings. The first-order chi connectivity index (χ1) is 29.2. The first-order valence-corrected chi connectivity index (χ1v) is 22.9. The van der Waals surface area contributed by atoms with Crippen LogP contribution in [0.2, 0.25) is 0 Å². The van der Waals surface area contributed by atoms with Gasteiger partial charge in [0.2, 0.25) is 0 Å². The van der Waals surface area contributed by atoms with E-state index in [-0.39, 0.29) is 17.7 Å². The average Bonchev–Trinajstić information content (AvgIpc) is 3.82. The first kappa shape index (κ1) is 36.1. The van der Waals surface area contributed by atoms with E-state index in [1.165, 1.54) is 135 Å². The van der Waals surface area contributed by atoms with Gasteiger partial charge in [0.25, 0.3) is 0 Å². The molecule has 0 spiro atoms. The van der Waals surface area contributed by atoms with Crippen molar-refractivity contribution in [1.29, 1.82) is 0 Å². The zero-order valence-corrected chi connectivity index (χ0v) is 36.1. The Morgan fingerprint density at radius 1 is 0.583 bits per heavy atom. The van der Waals surface area contributed by atoms with E-state index >= 15 is 0 Å². The second-order valence-corrected chi connectivity index (χ2v) is 20.0. The summed E-state index contributed by atoms with van der Waals surface area (Å²) in [7, 11) is 0. The van der Waals surface area contributed by atoms with Crippen LogP contribution in [0.15, 0.2) is 146 Å². The van der Waals surface area contributed by atoms with Crippen LogP contribution in [0, 0.1) is 0 Å². The predicted molar refractivity (Wildman–Crippen MR) is 260 cm³/mol. The summed E-state index contributed by atoms with van der Waals surface area (Å²) in [5.41, 5.74) is 20.2. The minimum atomic E-state index is 0.0165. The van der Waals surface area contributed by atoms with Crippen LogP contribution < -0.4 is 15.1 Å². The van der Waals surface area contributed by atoms with Crippen molar-refractivity contribution in [1.82, 2.24) is 4.48 Å². The zero-order chi connectivity index (χ0) is 40.5. The number of aromatic nitrogens is 1. The lowest BCUT2D eigenvalue weighted by Gasteiger charge is -2.42. The SMILES string of the molecule is CCCCc1ccc(N2c3cc(-c4ccccc4)cc4c3B(c3sc5cc6c(cc5c32)C(C)(C)CCC6(C)C)n2c3ccccc3c3cccc-4c32)c(-c2ccccc2)c1. The quantitative estimate of drug-likeness (QED) is 0.152. The van der Waals surface area contributed by atoms with Crippen molar-refractivity contribution < 1.29 is 0 Å². The number of nitrogens with zero attached hydrogens (tertiary/aromatic N) is 2. The summed E-state index contributed by atoms with van der Waals surface area (Å²) in [4.78, 5) is 2.71. The molecule has 0 unspecified atom stereocenters. The molecule has 2 aliphatic heterocycles. The molecule has 2 nitrogen and oxygen atoms in total. The van der Waals surface area contributed by atoms with Crippen LogP contribution >= 0.6 is 11.3 Å². The van der Waals surface area contributed by atoms with Gasteiger partial charge in [0, 0.05) is 53.5 Å². The van der Waals surface area contributed by atoms with Crippen molar-refractivity contribution >= 4 is 77.4 Å². The van der Waals surface area contributed by atoms with Crippen LogP contribution in [0.25, 0.3) is 65.3 Å². The Balaban J connectivity index is 1.26. The molecule has 1 aliphatic carbocycles. The average molecular weight is 793 g/mol. The lowest BCUT2D eigenvalue weighted by atomic mass is 9.48. The normalized spacial score (nSPS) is 15.7. The highest BCUT2D eigenvalue weighted by atomic mass is 32.1. The summed E-state index contributed by atoms with van der Waals surface area (Å²) >= 11 is 2.04. The minimum Gasteiger partial charge on any atom is -0.375 e. The van der Waals surface area contributed by atoms with E-state index in [9.17, 15) is 0 Å². The third-order valence-electron chi connectivity index (χ3n) is 14.4. The van der Waals surface area contributed by atoms with Gasteiger partial charge in [-0.25, -0.2) is 0 Å². The molecular weight excluding hydrogens is 744 g/mol. The Morgan fingerprint density at radius 3 is 2.05 bits per heavy atom. The van der Waals surface area contributed by atoms with Crippen molar-refractivity contribution in [3.05, 3.63) is 162 Å². The minimum absolute atomic E-state index is 0.0165. The van der Waals surface area contributed by atoms with Crippen LogP contribution in [0.5, 0.6) is 0 Å². The molecule has 0 saturated heterocycles. The highest BCUT2D eigenvalue weighted by Gasteiger charge is 2.46. The molecular formula is C56H49BN2S. The van der Waals surface area contributed by atoms with Gasteiger partial charge in [-0.2, -0.15) is 0 Å². The molecule has 4 heterocycles. The fourth-order valence-electron chi connectivity index (χ4n) is 11.2. The zero-order valence-electron chi connectivity index (χ0n) is 35.3. The fourth-order valence-corrected chi connectivity index (χ4v) is 12.5. The van der Waals surface area contributed by atoms with Crippen LogP contribution in [0.4, 0.5) is 17.1 Å². The molecule has 0 radical (unpaired) electrons. The highest BCUT2D eigenvalue weighted by molar-refractivity contribution is 7.32. The number of anilines is 3. The predicted octanol–water partition coefficient (Wildman–Crippen LogP) is 14.5. The van der Waals surface area contributed by atoms with Gasteiger partial charge in [0.1, 0.15) is 0 Å². The summed E-state index contributed by atoms with van der Waals surface area (Å²) < 4.78 is 5.54. The van der Waals surface area contributed by atoms with Gasteiger partial charge in [-0.15, -0.1) is 11.3 Å². The van der Waals surface area contributed by atoms with Gasteiger partial charge < -0.3 is 9.38 Å². The Kier molecular flexibility index (Phi) is 7.86. The van der Waals surface area contributed by atoms with Gasteiger partial charge in [0.05, 0.1) is 11.4 Å². The van der Waals surface area contributed by atoms with Gasteiger partial charge in [0.15, 0.2) is 0 Å². The summed E-state index contributed by atoms with van der Waals surface area (Å²) in [5.74, 6) is 0. The van der Waals surface area contributed by atoms with Gasteiger partial charge in [-0.1, -0.05) is 144 Å². The number of hydrogen-bond acceptors (Lipinski definition) is 2. The fraction of sp³-hybridized carbons (Fsp3) is 0.214. The van der Waals surface area contributed by atoms with E-state index in [4.69, 9.17) is 0 Å². The number of unbranched alkanes of at least 4 members (excludes halogenated alkanes) is 1. The van der Waals surface area contributed by atoms with E-state index in [2.05, 4.69) is 190 Å². The molecule has 4 heteroatoms. The van der Waals surface area contributed by atoms with Crippen LogP contribution in [0.3, 0.4) is 0 Å². The van der Waals surface area contributed by atoms with E-state index in [1.807, 2.05) is 11.3 Å². The molecule has 9 aromatic rings. The maximum atomic E-state index is 2.72. The van der Waals surface area contributed by atoms with Gasteiger partial charge in [-0.05, 0) is 123 Å². The molecule has 3 aliphatic rings. The number of benzene rings is 7. The third kappa shape index (κ3) is 5.13. The first-order valence-electron chi connectivity index (χ1n) is 22.1. The molecule has 0 atom stereocenters. The van der Waals surface area contributed by atoms with Crippen LogP contribution in [0.1, 0.15) is 77.0 Å². The number of fused-ring (bicyclic) bond motifs is 10. The molecule has 0 amide bonds. The Morgan fingerprint density at radius 2 is 1.28 bits per heavy atom. The van der Waals surface area contributed by atoms with Crippen molar-refractivity contribution in [2.45, 2.75) is 77.6 Å². The molecule has 2 aromatic heterocycles. The second-order valence-electron chi connectivity index (χ2n) is 18.9. The topological polar surface area (TPSA) is 8.17 Å². The van der Waals surface area contributed by atoms with Crippen molar-refractivity contribution in [2.24, 2.45) is 0 Å². The Hall–Kier alpha value is -5.84. The number of thiophene rings is 1. The maximum Gasteiger partial charge on any atom is 0.343 e. The molecule has 0 bridgehead atoms. The second kappa shape index (κ2) is 13.1. The van der Waals surface area contributed by atoms with Crippen molar-refractivity contribution in [3.63, 3.8) is 0 Å². The van der Waals surface area contributed by atoms with E-state index in [0.29, 0.717) is 0 Å². The van der Waals surface area contributed by atoms with Crippen molar-refractivity contribution in [3.8, 4) is 33.4 Å². The smallest absolute Gasteiger partial charge is 0.343 e. The third-order valence-corrected chi connectivity index (χ3v) is 15.6. The number of rotatable bonds is 6. The van der Waals surface area contributed by atoms with Crippen molar-refractivity contribution in [2.75, 3.05) is 4.90 Å². The van der Waals surface area contributed by atoms with Gasteiger partial charge in [-0.3, -0.25) is 0 Å². The Labute approximate surface area is 358 Å². The van der Waals surface area contributed by atoms with Gasteiger partial charge >= 0.3 is 6.85 Å². The number of hydrogen-bond donors (Lipinski definition) is 0. The van der Waals surface area contributed by atoms with Crippen LogP contribution in [-0.2, 0) is 17.3 Å². The number of aryl methyl sites for hydroxylation is 1. The molecule has 292 valence electrons. The molecule has 0 saturated carbocycles. The lowest BCUT2D eigenvalue weighted by Crippen LogP contribution is -2.55. The summed E-state index contributed by atoms with van der Waals surface area (Å²) in [6.07, 6.45) is 5.82. The van der Waals surface area contributed by atoms with E-state index in [0.717, 1.165) is 6.42 Å². The molecule has 7 aromatic carbocycles.